The number of terminal acetylenes is 1. The Morgan fingerprint density at radius 3 is 2.33 bits per heavy atom. The van der Waals surface area contributed by atoms with Crippen LogP contribution in [0.1, 0.15) is 16.7 Å². The number of nitrogens with zero attached hydrogens (tertiary/aromatic N) is 2. The summed E-state index contributed by atoms with van der Waals surface area (Å²) < 4.78 is 0. The predicted octanol–water partition coefficient (Wildman–Crippen LogP) is 3.13. The van der Waals surface area contributed by atoms with Gasteiger partial charge in [0, 0.05) is 18.0 Å². The topological polar surface area (TPSA) is 36.7 Å². The van der Waals surface area contributed by atoms with E-state index in [2.05, 4.69) is 17.0 Å². The van der Waals surface area contributed by atoms with Crippen LogP contribution in [-0.4, -0.2) is 4.98 Å². The van der Waals surface area contributed by atoms with Crippen molar-refractivity contribution in [3.63, 3.8) is 0 Å². The SMILES string of the molecule is C#Cc1ccc(C=C(C#N)c2ccncc2)cc1. The standard InChI is InChI=1S/C16H10N2/c1-2-13-3-5-14(6-4-13)11-16(12-17)15-7-9-18-10-8-15/h1,3-11H. The Kier molecular flexibility index (Phi) is 3.54. The molecule has 0 N–H and O–H groups in total. The van der Waals surface area contributed by atoms with Crippen molar-refractivity contribution in [2.75, 3.05) is 0 Å². The molecule has 0 radical (unpaired) electrons. The van der Waals surface area contributed by atoms with Crippen LogP contribution in [0.4, 0.5) is 0 Å². The first-order valence-electron chi connectivity index (χ1n) is 5.42. The molecule has 2 heteroatoms. The van der Waals surface area contributed by atoms with Crippen molar-refractivity contribution in [3.05, 3.63) is 65.5 Å². The fourth-order valence-electron chi connectivity index (χ4n) is 1.55. The molecule has 0 unspecified atom stereocenters. The molecular weight excluding hydrogens is 220 g/mol. The minimum Gasteiger partial charge on any atom is -0.265 e. The van der Waals surface area contributed by atoms with Crippen molar-refractivity contribution in [1.29, 1.82) is 5.26 Å². The summed E-state index contributed by atoms with van der Waals surface area (Å²) in [5.41, 5.74) is 3.23. The molecule has 0 amide bonds. The van der Waals surface area contributed by atoms with Crippen LogP contribution >= 0.6 is 0 Å². The zero-order valence-corrected chi connectivity index (χ0v) is 9.67. The van der Waals surface area contributed by atoms with Gasteiger partial charge in [-0.15, -0.1) is 6.42 Å². The Hall–Kier alpha value is -2.84. The normalized spacial score (nSPS) is 10.4. The lowest BCUT2D eigenvalue weighted by atomic mass is 10.0. The van der Waals surface area contributed by atoms with Crippen LogP contribution < -0.4 is 0 Å². The molecule has 18 heavy (non-hydrogen) atoms. The third-order valence-corrected chi connectivity index (χ3v) is 2.50. The van der Waals surface area contributed by atoms with Gasteiger partial charge in [0.25, 0.3) is 0 Å². The van der Waals surface area contributed by atoms with Crippen LogP contribution in [0.5, 0.6) is 0 Å². The van der Waals surface area contributed by atoms with Crippen LogP contribution in [0, 0.1) is 23.7 Å². The summed E-state index contributed by atoms with van der Waals surface area (Å²) >= 11 is 0. The van der Waals surface area contributed by atoms with Gasteiger partial charge < -0.3 is 0 Å². The van der Waals surface area contributed by atoms with Crippen LogP contribution in [0.15, 0.2) is 48.8 Å². The van der Waals surface area contributed by atoms with Crippen LogP contribution in [0.3, 0.4) is 0 Å². The number of hydrogen-bond donors (Lipinski definition) is 0. The number of rotatable bonds is 2. The average Bonchev–Trinajstić information content (AvgIpc) is 2.46. The van der Waals surface area contributed by atoms with E-state index >= 15 is 0 Å². The molecule has 2 rings (SSSR count). The molecule has 2 nitrogen and oxygen atoms in total. The van der Waals surface area contributed by atoms with Gasteiger partial charge in [0.2, 0.25) is 0 Å². The quantitative estimate of drug-likeness (QED) is 0.587. The van der Waals surface area contributed by atoms with Crippen molar-refractivity contribution < 1.29 is 0 Å². The summed E-state index contributed by atoms with van der Waals surface area (Å²) in [5.74, 6) is 2.56. The average molecular weight is 230 g/mol. The number of pyridine rings is 1. The van der Waals surface area contributed by atoms with E-state index in [1.54, 1.807) is 12.4 Å². The van der Waals surface area contributed by atoms with E-state index in [0.29, 0.717) is 5.57 Å². The highest BCUT2D eigenvalue weighted by Gasteiger charge is 2.00. The van der Waals surface area contributed by atoms with Crippen molar-refractivity contribution >= 4 is 11.6 Å². The molecule has 84 valence electrons. The number of allylic oxidation sites excluding steroid dienone is 1. The van der Waals surface area contributed by atoms with Gasteiger partial charge in [0.05, 0.1) is 11.6 Å². The maximum Gasteiger partial charge on any atom is 0.0998 e. The Morgan fingerprint density at radius 2 is 1.78 bits per heavy atom. The first kappa shape index (κ1) is 11.6. The molecule has 0 aliphatic rings. The zero-order valence-electron chi connectivity index (χ0n) is 9.67. The molecule has 0 atom stereocenters. The number of nitriles is 1. The highest BCUT2D eigenvalue weighted by molar-refractivity contribution is 5.89. The fourth-order valence-corrected chi connectivity index (χ4v) is 1.55. The van der Waals surface area contributed by atoms with Crippen molar-refractivity contribution in [1.82, 2.24) is 4.98 Å². The molecule has 1 aromatic carbocycles. The fraction of sp³-hybridized carbons (Fsp3) is 0. The number of aromatic nitrogens is 1. The number of hydrogen-bond acceptors (Lipinski definition) is 2. The summed E-state index contributed by atoms with van der Waals surface area (Å²) in [6.07, 6.45) is 10.5. The molecule has 0 saturated carbocycles. The molecule has 1 heterocycles. The second-order valence-electron chi connectivity index (χ2n) is 3.67. The molecule has 2 aromatic rings. The van der Waals surface area contributed by atoms with Gasteiger partial charge in [0.1, 0.15) is 0 Å². The largest absolute Gasteiger partial charge is 0.265 e. The van der Waals surface area contributed by atoms with E-state index in [0.717, 1.165) is 16.7 Å². The highest BCUT2D eigenvalue weighted by Crippen LogP contribution is 2.17. The van der Waals surface area contributed by atoms with Crippen LogP contribution in [0.25, 0.3) is 11.6 Å². The summed E-state index contributed by atoms with van der Waals surface area (Å²) in [7, 11) is 0. The zero-order chi connectivity index (χ0) is 12.8. The lowest BCUT2D eigenvalue weighted by Crippen LogP contribution is -1.83. The monoisotopic (exact) mass is 230 g/mol. The van der Waals surface area contributed by atoms with E-state index in [4.69, 9.17) is 6.42 Å². The summed E-state index contributed by atoms with van der Waals surface area (Å²) in [6.45, 7) is 0. The number of benzene rings is 1. The maximum atomic E-state index is 9.17. The lowest BCUT2D eigenvalue weighted by Gasteiger charge is -1.99. The first-order valence-corrected chi connectivity index (χ1v) is 5.42. The van der Waals surface area contributed by atoms with Gasteiger partial charge >= 0.3 is 0 Å². The molecule has 0 fully saturated rings. The third kappa shape index (κ3) is 2.64. The minimum absolute atomic E-state index is 0.603. The molecule has 0 aliphatic heterocycles. The second-order valence-corrected chi connectivity index (χ2v) is 3.67. The molecular formula is C16H10N2. The van der Waals surface area contributed by atoms with E-state index in [1.807, 2.05) is 42.5 Å². The molecule has 0 spiro atoms. The van der Waals surface area contributed by atoms with E-state index in [9.17, 15) is 5.26 Å². The Labute approximate surface area is 106 Å². The van der Waals surface area contributed by atoms with E-state index in [1.165, 1.54) is 0 Å². The van der Waals surface area contributed by atoms with E-state index < -0.39 is 0 Å². The van der Waals surface area contributed by atoms with Crippen LogP contribution in [-0.2, 0) is 0 Å². The summed E-state index contributed by atoms with van der Waals surface area (Å²) in [4.78, 5) is 3.93. The first-order chi connectivity index (χ1) is 8.83. The third-order valence-electron chi connectivity index (χ3n) is 2.50. The van der Waals surface area contributed by atoms with Crippen molar-refractivity contribution in [3.8, 4) is 18.4 Å². The molecule has 0 aliphatic carbocycles. The van der Waals surface area contributed by atoms with Gasteiger partial charge in [0.15, 0.2) is 0 Å². The molecule has 0 saturated heterocycles. The maximum absolute atomic E-state index is 9.17. The van der Waals surface area contributed by atoms with E-state index in [-0.39, 0.29) is 0 Å². The lowest BCUT2D eigenvalue weighted by molar-refractivity contribution is 1.32. The minimum atomic E-state index is 0.603. The molecule has 1 aromatic heterocycles. The summed E-state index contributed by atoms with van der Waals surface area (Å²) in [5, 5.41) is 9.17. The predicted molar refractivity (Wildman–Crippen MR) is 72.1 cm³/mol. The summed E-state index contributed by atoms with van der Waals surface area (Å²) in [6, 6.07) is 13.3. The van der Waals surface area contributed by atoms with Gasteiger partial charge in [-0.3, -0.25) is 4.98 Å². The van der Waals surface area contributed by atoms with Gasteiger partial charge in [-0.05, 0) is 41.5 Å². The van der Waals surface area contributed by atoms with Crippen LogP contribution in [0.2, 0.25) is 0 Å². The van der Waals surface area contributed by atoms with Gasteiger partial charge in [-0.2, -0.15) is 5.26 Å². The Bertz CT molecular complexity index is 638. The van der Waals surface area contributed by atoms with Gasteiger partial charge in [-0.1, -0.05) is 18.1 Å². The highest BCUT2D eigenvalue weighted by atomic mass is 14.6. The van der Waals surface area contributed by atoms with Gasteiger partial charge in [-0.25, -0.2) is 0 Å². The smallest absolute Gasteiger partial charge is 0.0998 e. The van der Waals surface area contributed by atoms with Crippen molar-refractivity contribution in [2.45, 2.75) is 0 Å². The second kappa shape index (κ2) is 5.48. The Morgan fingerprint density at radius 1 is 1.11 bits per heavy atom. The molecule has 0 bridgehead atoms. The Balaban J connectivity index is 2.36. The van der Waals surface area contributed by atoms with Crippen molar-refractivity contribution in [2.24, 2.45) is 0 Å².